The lowest BCUT2D eigenvalue weighted by atomic mass is 10.1. The van der Waals surface area contributed by atoms with Gasteiger partial charge in [-0.1, -0.05) is 33.2 Å². The van der Waals surface area contributed by atoms with Crippen LogP contribution >= 0.6 is 15.9 Å². The normalized spacial score (nSPS) is 10.1. The summed E-state index contributed by atoms with van der Waals surface area (Å²) in [5.41, 5.74) is 2.10. The molecule has 2 aromatic rings. The van der Waals surface area contributed by atoms with Crippen molar-refractivity contribution in [2.45, 2.75) is 0 Å². The number of hydrogen-bond donors (Lipinski definition) is 0. The van der Waals surface area contributed by atoms with Gasteiger partial charge in [-0.05, 0) is 17.7 Å². The van der Waals surface area contributed by atoms with E-state index in [1.807, 2.05) is 24.3 Å². The van der Waals surface area contributed by atoms with E-state index in [1.54, 1.807) is 12.5 Å². The molecule has 0 spiro atoms. The Morgan fingerprint density at radius 1 is 1.25 bits per heavy atom. The molecule has 2 nitrogen and oxygen atoms in total. The maximum atomic E-state index is 4.74. The van der Waals surface area contributed by atoms with Crippen LogP contribution in [-0.4, -0.2) is 5.16 Å². The minimum absolute atomic E-state index is 0.997. The highest BCUT2D eigenvalue weighted by Crippen LogP contribution is 2.21. The maximum absolute atomic E-state index is 4.74. The van der Waals surface area contributed by atoms with E-state index in [0.29, 0.717) is 0 Å². The lowest BCUT2D eigenvalue weighted by molar-refractivity contribution is 0.420. The number of rotatable bonds is 1. The SMILES string of the molecule is Brc1cccc(-c2cnoc2)c1. The largest absolute Gasteiger partial charge is 0.364 e. The second-order valence-electron chi connectivity index (χ2n) is 2.42. The van der Waals surface area contributed by atoms with Crippen LogP contribution in [0.25, 0.3) is 11.1 Å². The van der Waals surface area contributed by atoms with Gasteiger partial charge in [-0.2, -0.15) is 0 Å². The summed E-state index contributed by atoms with van der Waals surface area (Å²) in [4.78, 5) is 0. The third kappa shape index (κ3) is 1.41. The molecule has 0 bridgehead atoms. The number of aromatic nitrogens is 1. The quantitative estimate of drug-likeness (QED) is 0.743. The van der Waals surface area contributed by atoms with Gasteiger partial charge in [0.2, 0.25) is 0 Å². The molecule has 0 aliphatic heterocycles. The molecule has 0 unspecified atom stereocenters. The molecule has 0 N–H and O–H groups in total. The Balaban J connectivity index is 2.48. The van der Waals surface area contributed by atoms with Crippen LogP contribution in [0.1, 0.15) is 0 Å². The van der Waals surface area contributed by atoms with E-state index in [0.717, 1.165) is 15.6 Å². The van der Waals surface area contributed by atoms with Crippen molar-refractivity contribution in [2.75, 3.05) is 0 Å². The predicted molar refractivity (Wildman–Crippen MR) is 49.6 cm³/mol. The number of nitrogens with zero attached hydrogens (tertiary/aromatic N) is 1. The number of hydrogen-bond acceptors (Lipinski definition) is 2. The van der Waals surface area contributed by atoms with E-state index < -0.39 is 0 Å². The summed E-state index contributed by atoms with van der Waals surface area (Å²) in [7, 11) is 0. The van der Waals surface area contributed by atoms with E-state index >= 15 is 0 Å². The van der Waals surface area contributed by atoms with Gasteiger partial charge in [-0.25, -0.2) is 0 Å². The second kappa shape index (κ2) is 3.11. The Morgan fingerprint density at radius 2 is 2.17 bits per heavy atom. The van der Waals surface area contributed by atoms with Crippen molar-refractivity contribution in [1.29, 1.82) is 0 Å². The summed E-state index contributed by atoms with van der Waals surface area (Å²) in [6, 6.07) is 7.99. The molecule has 0 aliphatic carbocycles. The minimum Gasteiger partial charge on any atom is -0.364 e. The van der Waals surface area contributed by atoms with Crippen LogP contribution in [0.15, 0.2) is 45.7 Å². The van der Waals surface area contributed by atoms with Gasteiger partial charge >= 0.3 is 0 Å². The Morgan fingerprint density at radius 3 is 2.83 bits per heavy atom. The second-order valence-corrected chi connectivity index (χ2v) is 3.34. The zero-order valence-corrected chi connectivity index (χ0v) is 7.78. The molecule has 12 heavy (non-hydrogen) atoms. The average molecular weight is 224 g/mol. The third-order valence-corrected chi connectivity index (χ3v) is 2.08. The van der Waals surface area contributed by atoms with E-state index in [-0.39, 0.29) is 0 Å². The van der Waals surface area contributed by atoms with Crippen molar-refractivity contribution in [3.05, 3.63) is 41.2 Å². The molecule has 0 aliphatic rings. The van der Waals surface area contributed by atoms with Gasteiger partial charge in [0.25, 0.3) is 0 Å². The molecular weight excluding hydrogens is 218 g/mol. The smallest absolute Gasteiger partial charge is 0.131 e. The molecule has 2 rings (SSSR count). The van der Waals surface area contributed by atoms with Gasteiger partial charge in [0.05, 0.1) is 6.20 Å². The molecule has 1 aromatic carbocycles. The van der Waals surface area contributed by atoms with Crippen LogP contribution in [0, 0.1) is 0 Å². The average Bonchev–Trinajstić information content (AvgIpc) is 2.56. The zero-order valence-electron chi connectivity index (χ0n) is 6.20. The molecule has 1 heterocycles. The fourth-order valence-corrected chi connectivity index (χ4v) is 1.41. The monoisotopic (exact) mass is 223 g/mol. The Hall–Kier alpha value is -1.09. The van der Waals surface area contributed by atoms with Gasteiger partial charge in [0.1, 0.15) is 6.26 Å². The van der Waals surface area contributed by atoms with Gasteiger partial charge in [0.15, 0.2) is 0 Å². The summed E-state index contributed by atoms with van der Waals surface area (Å²) in [5.74, 6) is 0. The molecule has 0 amide bonds. The molecule has 0 saturated heterocycles. The highest BCUT2D eigenvalue weighted by Gasteiger charge is 1.98. The van der Waals surface area contributed by atoms with Crippen LogP contribution in [-0.2, 0) is 0 Å². The zero-order chi connectivity index (χ0) is 8.39. The summed E-state index contributed by atoms with van der Waals surface area (Å²) in [6.45, 7) is 0. The van der Waals surface area contributed by atoms with E-state index in [4.69, 9.17) is 4.52 Å². The molecule has 0 saturated carbocycles. The number of benzene rings is 1. The first-order chi connectivity index (χ1) is 5.86. The Kier molecular flexibility index (Phi) is 1.96. The fourth-order valence-electron chi connectivity index (χ4n) is 1.02. The van der Waals surface area contributed by atoms with E-state index in [2.05, 4.69) is 21.1 Å². The third-order valence-electron chi connectivity index (χ3n) is 1.59. The van der Waals surface area contributed by atoms with Crippen LogP contribution in [0.4, 0.5) is 0 Å². The van der Waals surface area contributed by atoms with Crippen molar-refractivity contribution >= 4 is 15.9 Å². The van der Waals surface area contributed by atoms with Crippen LogP contribution in [0.2, 0.25) is 0 Å². The van der Waals surface area contributed by atoms with Crippen molar-refractivity contribution in [2.24, 2.45) is 0 Å². The van der Waals surface area contributed by atoms with Crippen molar-refractivity contribution in [3.8, 4) is 11.1 Å². The van der Waals surface area contributed by atoms with Crippen molar-refractivity contribution in [3.63, 3.8) is 0 Å². The minimum atomic E-state index is 0.997. The summed E-state index contributed by atoms with van der Waals surface area (Å²) in [6.07, 6.45) is 3.32. The number of halogens is 1. The predicted octanol–water partition coefficient (Wildman–Crippen LogP) is 3.10. The van der Waals surface area contributed by atoms with E-state index in [1.165, 1.54) is 0 Å². The van der Waals surface area contributed by atoms with Gasteiger partial charge < -0.3 is 4.52 Å². The van der Waals surface area contributed by atoms with Gasteiger partial charge in [-0.3, -0.25) is 0 Å². The van der Waals surface area contributed by atoms with Gasteiger partial charge in [0, 0.05) is 10.0 Å². The standard InChI is InChI=1S/C9H6BrNO/c10-9-3-1-2-7(4-9)8-5-11-12-6-8/h1-6H. The molecule has 3 heteroatoms. The molecule has 1 aromatic heterocycles. The van der Waals surface area contributed by atoms with Crippen LogP contribution < -0.4 is 0 Å². The highest BCUT2D eigenvalue weighted by atomic mass is 79.9. The lowest BCUT2D eigenvalue weighted by Gasteiger charge is -1.95. The maximum Gasteiger partial charge on any atom is 0.131 e. The van der Waals surface area contributed by atoms with Crippen molar-refractivity contribution < 1.29 is 4.52 Å². The van der Waals surface area contributed by atoms with Crippen LogP contribution in [0.5, 0.6) is 0 Å². The highest BCUT2D eigenvalue weighted by molar-refractivity contribution is 9.10. The molecule has 0 radical (unpaired) electrons. The summed E-state index contributed by atoms with van der Waals surface area (Å²) in [5, 5.41) is 3.64. The molecule has 0 fully saturated rings. The summed E-state index contributed by atoms with van der Waals surface area (Å²) >= 11 is 3.40. The summed E-state index contributed by atoms with van der Waals surface area (Å²) < 4.78 is 5.80. The van der Waals surface area contributed by atoms with Crippen molar-refractivity contribution in [1.82, 2.24) is 5.16 Å². The lowest BCUT2D eigenvalue weighted by Crippen LogP contribution is -1.72. The molecule has 60 valence electrons. The Bertz CT molecular complexity index is 370. The van der Waals surface area contributed by atoms with Gasteiger partial charge in [-0.15, -0.1) is 0 Å². The molecule has 0 atom stereocenters. The first-order valence-corrected chi connectivity index (χ1v) is 4.31. The topological polar surface area (TPSA) is 26.0 Å². The fraction of sp³-hybridized carbons (Fsp3) is 0. The van der Waals surface area contributed by atoms with Crippen LogP contribution in [0.3, 0.4) is 0 Å². The first kappa shape index (κ1) is 7.55. The molecular formula is C9H6BrNO. The first-order valence-electron chi connectivity index (χ1n) is 3.51. The van der Waals surface area contributed by atoms with E-state index in [9.17, 15) is 0 Å². The Labute approximate surface area is 78.3 Å².